The van der Waals surface area contributed by atoms with E-state index in [0.29, 0.717) is 25.7 Å². The zero-order chi connectivity index (χ0) is 49.8. The van der Waals surface area contributed by atoms with Crippen molar-refractivity contribution in [3.63, 3.8) is 0 Å². The van der Waals surface area contributed by atoms with E-state index < -0.39 is 108 Å². The lowest BCUT2D eigenvalue weighted by Gasteiger charge is -2.22. The molecule has 0 heterocycles. The molecule has 0 aromatic rings. The maximum absolute atomic E-state index is 12.7. The molecule has 384 valence electrons. The Morgan fingerprint density at radius 1 is 0.576 bits per heavy atom. The first kappa shape index (κ1) is 62.7. The molecule has 0 fully saturated rings. The minimum atomic E-state index is -4.71. The van der Waals surface area contributed by atoms with E-state index in [4.69, 9.17) is 37.0 Å². The molecule has 0 radical (unpaired) electrons. The summed E-state index contributed by atoms with van der Waals surface area (Å²) in [5.41, 5.74) is 0. The standard InChI is InChI=1S/C41H76N4O19P2/c1-7-9-11-13-15-39(50)63-33(5)25-37(48)44-35(27-57-21-17-31(3)46)29-61-65(53,54)59-23-19-42-41(52)43-20-24-60-66(55,56)62-30-36(28-58-22-18-32(4)47)45-38(49)26-34(6)64-40(51)16-14-12-10-8-2/h7-10,31-36,46-47H,11-30H2,1-6H3,(H,44,48)(H,45,49)(H,53,54)(H,55,56)(H2,42,43,52)/b9-7-,10-8-/t31-,32-,33-,34-,35?,36?/m1/s1. The van der Waals surface area contributed by atoms with Crippen LogP contribution in [-0.4, -0.2) is 152 Å². The highest BCUT2D eigenvalue weighted by atomic mass is 31.2. The second-order valence-corrected chi connectivity index (χ2v) is 18.2. The number of nitrogens with one attached hydrogen (secondary N) is 4. The van der Waals surface area contributed by atoms with Crippen LogP contribution in [0.1, 0.15) is 106 Å². The van der Waals surface area contributed by atoms with Crippen molar-refractivity contribution in [3.05, 3.63) is 24.3 Å². The summed E-state index contributed by atoms with van der Waals surface area (Å²) in [5.74, 6) is -1.99. The van der Waals surface area contributed by atoms with Crippen molar-refractivity contribution < 1.29 is 90.1 Å². The molecule has 0 aliphatic rings. The van der Waals surface area contributed by atoms with Crippen LogP contribution in [0.5, 0.6) is 0 Å². The van der Waals surface area contributed by atoms with Gasteiger partial charge >= 0.3 is 33.6 Å². The summed E-state index contributed by atoms with van der Waals surface area (Å²) in [7, 11) is -9.42. The minimum Gasteiger partial charge on any atom is -0.462 e. The SMILES string of the molecule is C/C=C\CCCC(=O)O[C@H](C)CC(=O)NC(COCC[C@@H](C)O)COP(=O)(O)OCCNC(=O)NCCOP(=O)(O)OCC(COCC[C@@H](C)O)NC(=O)C[C@@H](C)OC(=O)CCC/C=C\C. The number of urea groups is 1. The molecule has 4 unspecified atom stereocenters. The molecule has 4 amide bonds. The Kier molecular flexibility index (Phi) is 35.8. The zero-order valence-corrected chi connectivity index (χ0v) is 41.0. The number of hydrogen-bond donors (Lipinski definition) is 8. The van der Waals surface area contributed by atoms with Crippen LogP contribution in [0.2, 0.25) is 0 Å². The van der Waals surface area contributed by atoms with E-state index in [1.807, 2.05) is 38.2 Å². The second-order valence-electron chi connectivity index (χ2n) is 15.3. The summed E-state index contributed by atoms with van der Waals surface area (Å²) >= 11 is 0. The molecule has 0 saturated carbocycles. The van der Waals surface area contributed by atoms with Gasteiger partial charge in [0.1, 0.15) is 12.2 Å². The monoisotopic (exact) mass is 990 g/mol. The lowest BCUT2D eigenvalue weighted by atomic mass is 10.2. The number of aliphatic hydroxyl groups excluding tert-OH is 2. The van der Waals surface area contributed by atoms with Gasteiger partial charge in [-0.15, -0.1) is 0 Å². The molecule has 0 aromatic carbocycles. The van der Waals surface area contributed by atoms with Crippen molar-refractivity contribution in [1.29, 1.82) is 0 Å². The van der Waals surface area contributed by atoms with Gasteiger partial charge in [0, 0.05) is 39.1 Å². The van der Waals surface area contributed by atoms with E-state index in [-0.39, 0.29) is 65.2 Å². The van der Waals surface area contributed by atoms with Gasteiger partial charge in [0.25, 0.3) is 0 Å². The maximum atomic E-state index is 12.7. The van der Waals surface area contributed by atoms with Crippen LogP contribution in [0.4, 0.5) is 4.79 Å². The third-order valence-corrected chi connectivity index (χ3v) is 10.4. The highest BCUT2D eigenvalue weighted by molar-refractivity contribution is 7.47. The summed E-state index contributed by atoms with van der Waals surface area (Å²) in [6, 6.07) is -2.66. The molecule has 0 bridgehead atoms. The quantitative estimate of drug-likeness (QED) is 0.0189. The smallest absolute Gasteiger partial charge is 0.462 e. The van der Waals surface area contributed by atoms with Gasteiger partial charge in [0.2, 0.25) is 11.8 Å². The van der Waals surface area contributed by atoms with Gasteiger partial charge < -0.3 is 60.2 Å². The van der Waals surface area contributed by atoms with E-state index in [1.165, 1.54) is 0 Å². The number of rotatable bonds is 40. The van der Waals surface area contributed by atoms with E-state index in [0.717, 1.165) is 12.8 Å². The maximum Gasteiger partial charge on any atom is 0.472 e. The van der Waals surface area contributed by atoms with Crippen molar-refractivity contribution in [2.75, 3.05) is 65.9 Å². The third-order valence-electron chi connectivity index (χ3n) is 8.48. The molecular formula is C41H76N4O19P2. The predicted molar refractivity (Wildman–Crippen MR) is 241 cm³/mol. The Morgan fingerprint density at radius 2 is 0.955 bits per heavy atom. The Morgan fingerprint density at radius 3 is 1.30 bits per heavy atom. The molecule has 23 nitrogen and oxygen atoms in total. The Hall–Kier alpha value is -3.31. The summed E-state index contributed by atoms with van der Waals surface area (Å²) < 4.78 is 66.6. The number of esters is 2. The van der Waals surface area contributed by atoms with E-state index in [9.17, 15) is 53.1 Å². The number of carbonyl (C=O) groups is 5. The molecule has 66 heavy (non-hydrogen) atoms. The van der Waals surface area contributed by atoms with Crippen LogP contribution >= 0.6 is 15.6 Å². The van der Waals surface area contributed by atoms with Crippen molar-refractivity contribution >= 4 is 45.4 Å². The van der Waals surface area contributed by atoms with Crippen LogP contribution in [0.15, 0.2) is 24.3 Å². The lowest BCUT2D eigenvalue weighted by Crippen LogP contribution is -2.42. The third kappa shape index (κ3) is 38.8. The number of carbonyl (C=O) groups excluding carboxylic acids is 5. The molecule has 8 atom stereocenters. The average molecular weight is 991 g/mol. The predicted octanol–water partition coefficient (Wildman–Crippen LogP) is 3.23. The Balaban J connectivity index is 4.83. The van der Waals surface area contributed by atoms with Crippen LogP contribution < -0.4 is 21.3 Å². The Bertz CT molecular complexity index is 1430. The molecule has 0 aliphatic heterocycles. The molecular weight excluding hydrogens is 914 g/mol. The zero-order valence-electron chi connectivity index (χ0n) is 39.2. The van der Waals surface area contributed by atoms with Crippen LogP contribution in [-0.2, 0) is 65.4 Å². The largest absolute Gasteiger partial charge is 0.472 e. The minimum absolute atomic E-state index is 0.121. The first-order valence-electron chi connectivity index (χ1n) is 22.1. The molecule has 0 aromatic heterocycles. The number of allylic oxidation sites excluding steroid dienone is 4. The number of amides is 4. The van der Waals surface area contributed by atoms with Crippen molar-refractivity contribution in [2.45, 2.75) is 142 Å². The van der Waals surface area contributed by atoms with Crippen LogP contribution in [0.3, 0.4) is 0 Å². The van der Waals surface area contributed by atoms with E-state index in [2.05, 4.69) is 21.3 Å². The van der Waals surface area contributed by atoms with Gasteiger partial charge in [-0.1, -0.05) is 24.3 Å². The van der Waals surface area contributed by atoms with Crippen LogP contribution in [0.25, 0.3) is 0 Å². The van der Waals surface area contributed by atoms with Gasteiger partial charge in [-0.2, -0.15) is 0 Å². The van der Waals surface area contributed by atoms with Crippen molar-refractivity contribution in [1.82, 2.24) is 21.3 Å². The van der Waals surface area contributed by atoms with Crippen LogP contribution in [0, 0.1) is 0 Å². The van der Waals surface area contributed by atoms with Crippen molar-refractivity contribution in [3.8, 4) is 0 Å². The topological polar surface area (TPSA) is 322 Å². The number of phosphoric ester groups is 2. The van der Waals surface area contributed by atoms with Gasteiger partial charge in [0.05, 0.1) is 76.8 Å². The highest BCUT2D eigenvalue weighted by Gasteiger charge is 2.27. The van der Waals surface area contributed by atoms with Gasteiger partial charge in [-0.3, -0.25) is 37.3 Å². The first-order valence-corrected chi connectivity index (χ1v) is 25.1. The molecule has 0 aliphatic carbocycles. The molecule has 25 heteroatoms. The number of hydrogen-bond acceptors (Lipinski definition) is 17. The first-order chi connectivity index (χ1) is 31.2. The molecule has 8 N–H and O–H groups in total. The Labute approximate surface area is 388 Å². The summed E-state index contributed by atoms with van der Waals surface area (Å²) in [4.78, 5) is 82.2. The number of aliphatic hydroxyl groups is 2. The molecule has 0 saturated heterocycles. The normalized spacial score (nSPS) is 16.3. The highest BCUT2D eigenvalue weighted by Crippen LogP contribution is 2.43. The van der Waals surface area contributed by atoms with Gasteiger partial charge in [-0.05, 0) is 80.1 Å². The van der Waals surface area contributed by atoms with E-state index in [1.54, 1.807) is 27.7 Å². The fourth-order valence-corrected chi connectivity index (χ4v) is 6.72. The average Bonchev–Trinajstić information content (AvgIpc) is 3.22. The van der Waals surface area contributed by atoms with Gasteiger partial charge in [0.15, 0.2) is 0 Å². The summed E-state index contributed by atoms with van der Waals surface area (Å²) in [6.45, 7) is 7.36. The van der Waals surface area contributed by atoms with E-state index >= 15 is 0 Å². The lowest BCUT2D eigenvalue weighted by molar-refractivity contribution is -0.151. The second kappa shape index (κ2) is 37.6. The molecule has 0 rings (SSSR count). The summed E-state index contributed by atoms with van der Waals surface area (Å²) in [6.07, 6.45) is 8.03. The number of phosphoric acid groups is 2. The number of unbranched alkanes of at least 4 members (excludes halogenated alkanes) is 2. The van der Waals surface area contributed by atoms with Crippen molar-refractivity contribution in [2.24, 2.45) is 0 Å². The fourth-order valence-electron chi connectivity index (χ4n) is 5.19. The molecule has 0 spiro atoms. The van der Waals surface area contributed by atoms with Gasteiger partial charge in [-0.25, -0.2) is 13.9 Å². The fraction of sp³-hybridized carbons (Fsp3) is 0.780. The number of ether oxygens (including phenoxy) is 4. The summed E-state index contributed by atoms with van der Waals surface area (Å²) in [5, 5.41) is 28.9.